The number of nitrogens with zero attached hydrogens (tertiary/aromatic N) is 4. The lowest BCUT2D eigenvalue weighted by Crippen LogP contribution is -2.48. The molecule has 2 aromatic rings. The van der Waals surface area contributed by atoms with Crippen LogP contribution in [0.2, 0.25) is 5.15 Å². The van der Waals surface area contributed by atoms with Gasteiger partial charge >= 0.3 is 0 Å². The van der Waals surface area contributed by atoms with Crippen molar-refractivity contribution in [1.29, 1.82) is 0 Å². The average Bonchev–Trinajstić information content (AvgIpc) is 2.59. The maximum Gasteiger partial charge on any atom is 0.194 e. The Morgan fingerprint density at radius 2 is 2.00 bits per heavy atom. The van der Waals surface area contributed by atoms with Crippen LogP contribution in [-0.2, 0) is 6.61 Å². The SMILES string of the molecule is CC1(N)CCN(c2c(N)nc(Sc3ccnc(Cl)c3N)nc2CO)CC1. The minimum absolute atomic E-state index is 0.181. The molecule has 8 nitrogen and oxygen atoms in total. The molecule has 0 amide bonds. The molecule has 2 aromatic heterocycles. The first-order valence-electron chi connectivity index (χ1n) is 8.19. The fourth-order valence-electron chi connectivity index (χ4n) is 2.86. The molecule has 0 radical (unpaired) electrons. The number of rotatable bonds is 4. The fourth-order valence-corrected chi connectivity index (χ4v) is 3.90. The van der Waals surface area contributed by atoms with E-state index in [0.29, 0.717) is 32.9 Å². The zero-order valence-corrected chi connectivity index (χ0v) is 16.0. The average molecular weight is 396 g/mol. The highest BCUT2D eigenvalue weighted by molar-refractivity contribution is 7.99. The molecule has 3 rings (SSSR count). The Kier molecular flexibility index (Phi) is 5.42. The van der Waals surface area contributed by atoms with Crippen molar-refractivity contribution in [3.63, 3.8) is 0 Å². The molecule has 7 N–H and O–H groups in total. The number of nitrogen functional groups attached to an aromatic ring is 2. The second kappa shape index (κ2) is 7.43. The quantitative estimate of drug-likeness (QED) is 0.449. The van der Waals surface area contributed by atoms with Crippen molar-refractivity contribution < 1.29 is 5.11 Å². The van der Waals surface area contributed by atoms with Gasteiger partial charge in [-0.3, -0.25) is 0 Å². The molecule has 0 saturated carbocycles. The van der Waals surface area contributed by atoms with Crippen molar-refractivity contribution >= 4 is 40.6 Å². The van der Waals surface area contributed by atoms with Crippen LogP contribution in [0.25, 0.3) is 0 Å². The lowest BCUT2D eigenvalue weighted by molar-refractivity contribution is 0.275. The third kappa shape index (κ3) is 3.96. The molecule has 3 heterocycles. The van der Waals surface area contributed by atoms with Gasteiger partial charge in [0.05, 0.1) is 18.0 Å². The number of aliphatic hydroxyl groups excluding tert-OH is 1. The van der Waals surface area contributed by atoms with E-state index in [0.717, 1.165) is 25.9 Å². The third-order valence-corrected chi connectivity index (χ3v) is 5.68. The van der Waals surface area contributed by atoms with E-state index in [2.05, 4.69) is 19.9 Å². The molecular formula is C16H22ClN7OS. The third-order valence-electron chi connectivity index (χ3n) is 4.44. The summed E-state index contributed by atoms with van der Waals surface area (Å²) in [6, 6.07) is 1.73. The highest BCUT2D eigenvalue weighted by atomic mass is 35.5. The van der Waals surface area contributed by atoms with Crippen molar-refractivity contribution in [3.05, 3.63) is 23.1 Å². The number of aromatic nitrogens is 3. The summed E-state index contributed by atoms with van der Waals surface area (Å²) in [6.07, 6.45) is 3.23. The van der Waals surface area contributed by atoms with Crippen molar-refractivity contribution in [2.75, 3.05) is 29.5 Å². The van der Waals surface area contributed by atoms with E-state index < -0.39 is 0 Å². The Morgan fingerprint density at radius 3 is 2.65 bits per heavy atom. The fraction of sp³-hybridized carbons (Fsp3) is 0.438. The molecule has 1 aliphatic rings. The van der Waals surface area contributed by atoms with Crippen LogP contribution in [-0.4, -0.2) is 38.7 Å². The Hall–Kier alpha value is -1.81. The van der Waals surface area contributed by atoms with Gasteiger partial charge < -0.3 is 27.2 Å². The van der Waals surface area contributed by atoms with Gasteiger partial charge in [-0.25, -0.2) is 15.0 Å². The van der Waals surface area contributed by atoms with Crippen LogP contribution in [0.15, 0.2) is 22.3 Å². The Labute approximate surface area is 161 Å². The molecule has 0 unspecified atom stereocenters. The number of hydrogen-bond donors (Lipinski definition) is 4. The summed E-state index contributed by atoms with van der Waals surface area (Å²) < 4.78 is 0. The summed E-state index contributed by atoms with van der Waals surface area (Å²) in [5.74, 6) is 0.325. The van der Waals surface area contributed by atoms with Gasteiger partial charge in [0.1, 0.15) is 5.69 Å². The Balaban J connectivity index is 1.89. The summed E-state index contributed by atoms with van der Waals surface area (Å²) in [5, 5.41) is 10.4. The lowest BCUT2D eigenvalue weighted by Gasteiger charge is -2.38. The second-order valence-electron chi connectivity index (χ2n) is 6.60. The number of hydrogen-bond acceptors (Lipinski definition) is 9. The standard InChI is InChI=1S/C16H22ClN7OS/c1-16(20)3-6-24(7-4-16)12-9(8-25)22-15(23-14(12)19)26-10-2-5-21-13(17)11(10)18/h2,5,25H,3-4,6-8,18,20H2,1H3,(H2,19,22,23). The predicted octanol–water partition coefficient (Wildman–Crippen LogP) is 1.65. The molecule has 0 aliphatic carbocycles. The molecule has 0 spiro atoms. The molecule has 1 fully saturated rings. The summed E-state index contributed by atoms with van der Waals surface area (Å²) >= 11 is 7.17. The number of nitrogens with two attached hydrogens (primary N) is 3. The van der Waals surface area contributed by atoms with Gasteiger partial charge in [-0.05, 0) is 37.6 Å². The van der Waals surface area contributed by atoms with Gasteiger partial charge in [-0.1, -0.05) is 11.6 Å². The number of pyridine rings is 1. The van der Waals surface area contributed by atoms with E-state index in [1.165, 1.54) is 11.8 Å². The van der Waals surface area contributed by atoms with Crippen LogP contribution < -0.4 is 22.1 Å². The van der Waals surface area contributed by atoms with Gasteiger partial charge in [0.25, 0.3) is 0 Å². The first-order valence-corrected chi connectivity index (χ1v) is 9.39. The number of anilines is 3. The number of piperidine rings is 1. The van der Waals surface area contributed by atoms with Crippen LogP contribution in [0.1, 0.15) is 25.5 Å². The van der Waals surface area contributed by atoms with Gasteiger partial charge in [0.15, 0.2) is 16.1 Å². The highest BCUT2D eigenvalue weighted by Gasteiger charge is 2.29. The normalized spacial score (nSPS) is 16.7. The zero-order chi connectivity index (χ0) is 18.9. The number of aliphatic hydroxyl groups is 1. The van der Waals surface area contributed by atoms with E-state index in [-0.39, 0.29) is 17.3 Å². The van der Waals surface area contributed by atoms with E-state index >= 15 is 0 Å². The molecule has 1 aliphatic heterocycles. The van der Waals surface area contributed by atoms with Gasteiger partial charge in [-0.2, -0.15) is 0 Å². The van der Waals surface area contributed by atoms with Crippen LogP contribution in [0, 0.1) is 0 Å². The maximum absolute atomic E-state index is 9.80. The second-order valence-corrected chi connectivity index (χ2v) is 7.97. The largest absolute Gasteiger partial charge is 0.395 e. The smallest absolute Gasteiger partial charge is 0.194 e. The summed E-state index contributed by atoms with van der Waals surface area (Å²) in [7, 11) is 0. The van der Waals surface area contributed by atoms with Gasteiger partial charge in [0.2, 0.25) is 0 Å². The topological polar surface area (TPSA) is 140 Å². The van der Waals surface area contributed by atoms with E-state index in [9.17, 15) is 5.11 Å². The maximum atomic E-state index is 9.80. The summed E-state index contributed by atoms with van der Waals surface area (Å²) in [5.41, 5.74) is 19.7. The zero-order valence-electron chi connectivity index (χ0n) is 14.4. The molecule has 0 aromatic carbocycles. The first-order chi connectivity index (χ1) is 12.3. The molecule has 10 heteroatoms. The van der Waals surface area contributed by atoms with Crippen molar-refractivity contribution in [2.45, 2.75) is 42.0 Å². The first kappa shape index (κ1) is 19.0. The molecule has 26 heavy (non-hydrogen) atoms. The van der Waals surface area contributed by atoms with Crippen LogP contribution in [0.3, 0.4) is 0 Å². The molecule has 0 atom stereocenters. The summed E-state index contributed by atoms with van der Waals surface area (Å²) in [4.78, 5) is 15.5. The molecule has 1 saturated heterocycles. The van der Waals surface area contributed by atoms with Crippen LogP contribution in [0.4, 0.5) is 17.2 Å². The van der Waals surface area contributed by atoms with Crippen molar-refractivity contribution in [1.82, 2.24) is 15.0 Å². The number of halogens is 1. The minimum atomic E-state index is -0.238. The predicted molar refractivity (Wildman–Crippen MR) is 104 cm³/mol. The van der Waals surface area contributed by atoms with Gasteiger partial charge in [0, 0.05) is 29.7 Å². The Bertz CT molecular complexity index is 807. The van der Waals surface area contributed by atoms with Crippen LogP contribution in [0.5, 0.6) is 0 Å². The molecular weight excluding hydrogens is 374 g/mol. The van der Waals surface area contributed by atoms with Gasteiger partial charge in [-0.15, -0.1) is 0 Å². The Morgan fingerprint density at radius 1 is 1.31 bits per heavy atom. The van der Waals surface area contributed by atoms with E-state index in [1.54, 1.807) is 12.3 Å². The highest BCUT2D eigenvalue weighted by Crippen LogP contribution is 2.36. The monoisotopic (exact) mass is 395 g/mol. The molecule has 140 valence electrons. The minimum Gasteiger partial charge on any atom is -0.395 e. The molecule has 0 bridgehead atoms. The van der Waals surface area contributed by atoms with Crippen molar-refractivity contribution in [2.24, 2.45) is 5.73 Å². The van der Waals surface area contributed by atoms with E-state index in [1.807, 2.05) is 6.92 Å². The van der Waals surface area contributed by atoms with Crippen molar-refractivity contribution in [3.8, 4) is 0 Å². The van der Waals surface area contributed by atoms with Crippen LogP contribution >= 0.6 is 23.4 Å². The summed E-state index contributed by atoms with van der Waals surface area (Å²) in [6.45, 7) is 3.29. The lowest BCUT2D eigenvalue weighted by atomic mass is 9.91. The van der Waals surface area contributed by atoms with E-state index in [4.69, 9.17) is 28.8 Å².